The molecular formula is C7H4N4. The molecule has 4 heteroatoms. The second-order valence-corrected chi connectivity index (χ2v) is 2.10. The summed E-state index contributed by atoms with van der Waals surface area (Å²) in [5.74, 6) is 0. The molecule has 4 nitrogen and oxygen atoms in total. The van der Waals surface area contributed by atoms with Crippen LogP contribution in [0.3, 0.4) is 0 Å². The number of nitrogens with one attached hydrogen (secondary N) is 1. The normalized spacial score (nSPS) is 9.73. The highest BCUT2D eigenvalue weighted by Crippen LogP contribution is 2.19. The molecule has 0 spiro atoms. The maximum Gasteiger partial charge on any atom is 0.103 e. The monoisotopic (exact) mass is 144 g/mol. The number of nitriles is 1. The molecule has 0 unspecified atom stereocenters. The molecule has 0 bridgehead atoms. The quantitative estimate of drug-likeness (QED) is 0.594. The molecule has 0 aromatic rings. The Morgan fingerprint density at radius 1 is 1.55 bits per heavy atom. The largest absolute Gasteiger partial charge is 0.275 e. The lowest BCUT2D eigenvalue weighted by atomic mass is 10.2. The summed E-state index contributed by atoms with van der Waals surface area (Å²) >= 11 is 0. The van der Waals surface area contributed by atoms with Gasteiger partial charge in [0.15, 0.2) is 0 Å². The van der Waals surface area contributed by atoms with Gasteiger partial charge < -0.3 is 0 Å². The lowest BCUT2D eigenvalue weighted by molar-refractivity contribution is 1.03. The number of nitrogens with zero attached hydrogens (tertiary/aromatic N) is 3. The SMILES string of the molecule is N#Cc1cnc2ccn[nH]c1-2. The third-order valence-corrected chi connectivity index (χ3v) is 1.46. The van der Waals surface area contributed by atoms with Crippen molar-refractivity contribution in [2.75, 3.05) is 0 Å². The Hall–Kier alpha value is -1.89. The van der Waals surface area contributed by atoms with E-state index in [4.69, 9.17) is 5.26 Å². The lowest BCUT2D eigenvalue weighted by Gasteiger charge is -1.93. The van der Waals surface area contributed by atoms with E-state index in [1.807, 2.05) is 6.07 Å². The van der Waals surface area contributed by atoms with Crippen LogP contribution in [0.25, 0.3) is 11.4 Å². The summed E-state index contributed by atoms with van der Waals surface area (Å²) in [7, 11) is 0. The van der Waals surface area contributed by atoms with Gasteiger partial charge in [0.1, 0.15) is 11.8 Å². The van der Waals surface area contributed by atoms with Gasteiger partial charge in [0.25, 0.3) is 0 Å². The van der Waals surface area contributed by atoms with Gasteiger partial charge in [0.05, 0.1) is 11.3 Å². The van der Waals surface area contributed by atoms with E-state index < -0.39 is 0 Å². The second-order valence-electron chi connectivity index (χ2n) is 2.10. The molecule has 2 rings (SSSR count). The molecule has 2 aliphatic heterocycles. The predicted molar refractivity (Wildman–Crippen MR) is 37.7 cm³/mol. The second kappa shape index (κ2) is 2.06. The Balaban J connectivity index is 2.76. The van der Waals surface area contributed by atoms with Crippen molar-refractivity contribution < 1.29 is 0 Å². The van der Waals surface area contributed by atoms with Crippen LogP contribution >= 0.6 is 0 Å². The van der Waals surface area contributed by atoms with E-state index in [9.17, 15) is 0 Å². The van der Waals surface area contributed by atoms with Crippen LogP contribution in [0.4, 0.5) is 0 Å². The third-order valence-electron chi connectivity index (χ3n) is 1.46. The van der Waals surface area contributed by atoms with E-state index in [1.165, 1.54) is 6.20 Å². The molecule has 0 amide bonds. The van der Waals surface area contributed by atoms with Crippen LogP contribution in [0.1, 0.15) is 5.56 Å². The van der Waals surface area contributed by atoms with Gasteiger partial charge in [0.2, 0.25) is 0 Å². The van der Waals surface area contributed by atoms with E-state index in [0.717, 1.165) is 5.69 Å². The fourth-order valence-electron chi connectivity index (χ4n) is 0.939. The molecule has 0 aliphatic carbocycles. The van der Waals surface area contributed by atoms with E-state index in [2.05, 4.69) is 15.2 Å². The Bertz CT molecular complexity index is 384. The van der Waals surface area contributed by atoms with Gasteiger partial charge in [-0.1, -0.05) is 0 Å². The van der Waals surface area contributed by atoms with Gasteiger partial charge in [-0.15, -0.1) is 0 Å². The van der Waals surface area contributed by atoms with Crippen LogP contribution < -0.4 is 0 Å². The van der Waals surface area contributed by atoms with Crippen LogP contribution in [0, 0.1) is 11.3 Å². The number of hydrogen-bond acceptors (Lipinski definition) is 3. The molecule has 0 atom stereocenters. The van der Waals surface area contributed by atoms with Crippen molar-refractivity contribution in [1.82, 2.24) is 15.2 Å². The first-order valence-corrected chi connectivity index (χ1v) is 3.10. The molecule has 0 aromatic carbocycles. The molecule has 0 saturated heterocycles. The molecule has 0 fully saturated rings. The van der Waals surface area contributed by atoms with Gasteiger partial charge in [-0.05, 0) is 6.07 Å². The van der Waals surface area contributed by atoms with Gasteiger partial charge >= 0.3 is 0 Å². The molecule has 0 radical (unpaired) electrons. The highest BCUT2D eigenvalue weighted by molar-refractivity contribution is 5.63. The smallest absolute Gasteiger partial charge is 0.103 e. The molecule has 11 heavy (non-hydrogen) atoms. The molecule has 0 saturated carbocycles. The van der Waals surface area contributed by atoms with E-state index >= 15 is 0 Å². The summed E-state index contributed by atoms with van der Waals surface area (Å²) in [4.78, 5) is 4.00. The van der Waals surface area contributed by atoms with Crippen molar-refractivity contribution >= 4 is 0 Å². The van der Waals surface area contributed by atoms with Crippen LogP contribution in [0.2, 0.25) is 0 Å². The molecule has 52 valence electrons. The number of H-pyrrole nitrogens is 1. The minimum atomic E-state index is 0.535. The van der Waals surface area contributed by atoms with Gasteiger partial charge in [-0.2, -0.15) is 10.4 Å². The van der Waals surface area contributed by atoms with Gasteiger partial charge in [-0.25, -0.2) is 0 Å². The van der Waals surface area contributed by atoms with Crippen molar-refractivity contribution in [1.29, 1.82) is 5.26 Å². The number of fused-ring (bicyclic) bond motifs is 1. The summed E-state index contributed by atoms with van der Waals surface area (Å²) < 4.78 is 0. The van der Waals surface area contributed by atoms with Crippen molar-refractivity contribution in [2.24, 2.45) is 0 Å². The Morgan fingerprint density at radius 2 is 2.45 bits per heavy atom. The standard InChI is InChI=1S/C7H4N4/c8-3-5-4-9-6-1-2-10-11-7(5)6/h1-2,4,11H. The van der Waals surface area contributed by atoms with Crippen molar-refractivity contribution in [3.8, 4) is 17.5 Å². The maximum absolute atomic E-state index is 8.59. The van der Waals surface area contributed by atoms with Crippen molar-refractivity contribution in [2.45, 2.75) is 0 Å². The number of aromatic amines is 1. The Labute approximate surface area is 62.8 Å². The van der Waals surface area contributed by atoms with Crippen LogP contribution in [0.5, 0.6) is 0 Å². The summed E-state index contributed by atoms with van der Waals surface area (Å²) in [6.45, 7) is 0. The minimum Gasteiger partial charge on any atom is -0.275 e. The number of aromatic nitrogens is 3. The Kier molecular flexibility index (Phi) is 1.10. The number of rotatable bonds is 0. The van der Waals surface area contributed by atoms with Crippen molar-refractivity contribution in [3.05, 3.63) is 24.0 Å². The van der Waals surface area contributed by atoms with Gasteiger partial charge in [-0.3, -0.25) is 10.1 Å². The maximum atomic E-state index is 8.59. The van der Waals surface area contributed by atoms with E-state index in [-0.39, 0.29) is 0 Å². The summed E-state index contributed by atoms with van der Waals surface area (Å²) in [6, 6.07) is 3.77. The van der Waals surface area contributed by atoms with Crippen LogP contribution in [-0.4, -0.2) is 15.2 Å². The van der Waals surface area contributed by atoms with Crippen LogP contribution in [0.15, 0.2) is 18.5 Å². The van der Waals surface area contributed by atoms with E-state index in [0.29, 0.717) is 11.3 Å². The molecule has 1 N–H and O–H groups in total. The fourth-order valence-corrected chi connectivity index (χ4v) is 0.939. The number of hydrogen-bond donors (Lipinski definition) is 1. The average Bonchev–Trinajstić information content (AvgIpc) is 2.47. The molecule has 2 heterocycles. The van der Waals surface area contributed by atoms with Crippen molar-refractivity contribution in [3.63, 3.8) is 0 Å². The molecular weight excluding hydrogens is 140 g/mol. The first-order chi connectivity index (χ1) is 5.42. The zero-order valence-corrected chi connectivity index (χ0v) is 5.57. The Morgan fingerprint density at radius 3 is 3.27 bits per heavy atom. The average molecular weight is 144 g/mol. The highest BCUT2D eigenvalue weighted by Gasteiger charge is 2.09. The first kappa shape index (κ1) is 5.86. The first-order valence-electron chi connectivity index (χ1n) is 3.10. The van der Waals surface area contributed by atoms with Crippen LogP contribution in [-0.2, 0) is 0 Å². The summed E-state index contributed by atoms with van der Waals surface area (Å²) in [5, 5.41) is 15.1. The van der Waals surface area contributed by atoms with E-state index in [1.54, 1.807) is 12.3 Å². The zero-order valence-electron chi connectivity index (χ0n) is 5.57. The molecule has 2 aliphatic rings. The summed E-state index contributed by atoms with van der Waals surface area (Å²) in [6.07, 6.45) is 3.14. The third kappa shape index (κ3) is 0.749. The fraction of sp³-hybridized carbons (Fsp3) is 0. The zero-order chi connectivity index (χ0) is 7.68. The summed E-state index contributed by atoms with van der Waals surface area (Å²) in [5.41, 5.74) is 2.01. The lowest BCUT2D eigenvalue weighted by Crippen LogP contribution is -1.86. The minimum absolute atomic E-state index is 0.535. The topological polar surface area (TPSA) is 65.4 Å². The predicted octanol–water partition coefficient (Wildman–Crippen LogP) is 0.781. The molecule has 0 aromatic heterocycles. The highest BCUT2D eigenvalue weighted by atomic mass is 15.1. The van der Waals surface area contributed by atoms with Gasteiger partial charge in [0, 0.05) is 12.4 Å².